The van der Waals surface area contributed by atoms with Crippen molar-refractivity contribution in [1.29, 1.82) is 0 Å². The summed E-state index contributed by atoms with van der Waals surface area (Å²) < 4.78 is 11.6. The highest BCUT2D eigenvalue weighted by molar-refractivity contribution is 5.89. The van der Waals surface area contributed by atoms with Crippen LogP contribution in [0.15, 0.2) is 45.9 Å². The van der Waals surface area contributed by atoms with E-state index in [1.807, 2.05) is 31.2 Å². The summed E-state index contributed by atoms with van der Waals surface area (Å²) >= 11 is 0. The van der Waals surface area contributed by atoms with Crippen LogP contribution in [0.5, 0.6) is 5.75 Å². The molecule has 0 bridgehead atoms. The molecule has 1 atom stereocenters. The molecule has 1 aliphatic rings. The molecule has 0 saturated heterocycles. The number of nitrogens with one attached hydrogen (secondary N) is 1. The van der Waals surface area contributed by atoms with E-state index in [2.05, 4.69) is 10.3 Å². The van der Waals surface area contributed by atoms with Crippen LogP contribution in [0.25, 0.3) is 11.0 Å². The Labute approximate surface area is 162 Å². The van der Waals surface area contributed by atoms with Crippen molar-refractivity contribution in [2.24, 2.45) is 0 Å². The Morgan fingerprint density at radius 2 is 2.14 bits per heavy atom. The number of carbonyl (C=O) groups excluding carboxylic acids is 1. The lowest BCUT2D eigenvalue weighted by Gasteiger charge is -2.18. The van der Waals surface area contributed by atoms with Gasteiger partial charge in [-0.1, -0.05) is 6.07 Å². The Balaban J connectivity index is 1.59. The number of hydrogen-bond acceptors (Lipinski definition) is 5. The standard InChI is InChI=1S/C22H22N2O4/c1-13-9-18(20-16-6-3-7-17(16)22(26)28-19(20)10-13)27-14(2)21(25)24-12-15-5-4-8-23-11-15/h4-5,8-11,14H,3,6-7,12H2,1-2H3,(H,24,25)/t14-/m1/s1. The van der Waals surface area contributed by atoms with Crippen LogP contribution in [0.3, 0.4) is 0 Å². The fourth-order valence-corrected chi connectivity index (χ4v) is 3.68. The van der Waals surface area contributed by atoms with Crippen LogP contribution in [0, 0.1) is 6.92 Å². The fraction of sp³-hybridized carbons (Fsp3) is 0.318. The van der Waals surface area contributed by atoms with Gasteiger partial charge in [-0.25, -0.2) is 4.79 Å². The Kier molecular flexibility index (Phi) is 4.86. The molecule has 28 heavy (non-hydrogen) atoms. The summed E-state index contributed by atoms with van der Waals surface area (Å²) in [6.45, 7) is 4.01. The molecule has 144 valence electrons. The lowest BCUT2D eigenvalue weighted by Crippen LogP contribution is -2.36. The minimum Gasteiger partial charge on any atom is -0.480 e. The van der Waals surface area contributed by atoms with Crippen LogP contribution in [0.4, 0.5) is 0 Å². The van der Waals surface area contributed by atoms with E-state index in [9.17, 15) is 9.59 Å². The highest BCUT2D eigenvalue weighted by atomic mass is 16.5. The summed E-state index contributed by atoms with van der Waals surface area (Å²) in [5, 5.41) is 3.68. The second-order valence-corrected chi connectivity index (χ2v) is 7.18. The van der Waals surface area contributed by atoms with E-state index in [0.717, 1.165) is 46.9 Å². The first-order chi connectivity index (χ1) is 13.5. The minimum atomic E-state index is -0.689. The Hall–Kier alpha value is -3.15. The predicted molar refractivity (Wildman–Crippen MR) is 105 cm³/mol. The number of pyridine rings is 1. The van der Waals surface area contributed by atoms with Gasteiger partial charge >= 0.3 is 5.63 Å². The quantitative estimate of drug-likeness (QED) is 0.690. The largest absolute Gasteiger partial charge is 0.480 e. The maximum Gasteiger partial charge on any atom is 0.339 e. The average Bonchev–Trinajstić information content (AvgIpc) is 3.16. The molecule has 0 fully saturated rings. The normalized spacial score (nSPS) is 13.9. The monoisotopic (exact) mass is 378 g/mol. The highest BCUT2D eigenvalue weighted by Crippen LogP contribution is 2.35. The van der Waals surface area contributed by atoms with Crippen molar-refractivity contribution in [3.05, 3.63) is 69.3 Å². The number of nitrogens with zero attached hydrogens (tertiary/aromatic N) is 1. The van der Waals surface area contributed by atoms with E-state index in [-0.39, 0.29) is 11.5 Å². The summed E-state index contributed by atoms with van der Waals surface area (Å²) in [6, 6.07) is 7.47. The first-order valence-electron chi connectivity index (χ1n) is 9.45. The summed E-state index contributed by atoms with van der Waals surface area (Å²) in [5.74, 6) is 0.369. The van der Waals surface area contributed by atoms with Gasteiger partial charge in [0.05, 0.1) is 5.39 Å². The van der Waals surface area contributed by atoms with Crippen LogP contribution in [0.1, 0.15) is 35.6 Å². The molecule has 2 heterocycles. The van der Waals surface area contributed by atoms with Gasteiger partial charge in [-0.2, -0.15) is 0 Å². The van der Waals surface area contributed by atoms with Crippen LogP contribution in [0.2, 0.25) is 0 Å². The van der Waals surface area contributed by atoms with Gasteiger partial charge in [-0.05, 0) is 68.0 Å². The van der Waals surface area contributed by atoms with Crippen molar-refractivity contribution >= 4 is 16.9 Å². The van der Waals surface area contributed by atoms with Crippen LogP contribution < -0.4 is 15.7 Å². The SMILES string of the molecule is Cc1cc(O[C@H](C)C(=O)NCc2cccnc2)c2c3c(c(=O)oc2c1)CCC3. The first-order valence-corrected chi connectivity index (χ1v) is 9.45. The van der Waals surface area contributed by atoms with E-state index >= 15 is 0 Å². The molecule has 1 amide bonds. The molecule has 1 aliphatic carbocycles. The maximum absolute atomic E-state index is 12.5. The molecular weight excluding hydrogens is 356 g/mol. The van der Waals surface area contributed by atoms with Crippen LogP contribution in [-0.2, 0) is 24.2 Å². The Morgan fingerprint density at radius 3 is 2.93 bits per heavy atom. The third-order valence-corrected chi connectivity index (χ3v) is 5.04. The molecule has 3 aromatic rings. The third-order valence-electron chi connectivity index (χ3n) is 5.04. The molecule has 0 radical (unpaired) electrons. The van der Waals surface area contributed by atoms with Gasteiger partial charge < -0.3 is 14.5 Å². The summed E-state index contributed by atoms with van der Waals surface area (Å²) in [5.41, 5.74) is 3.80. The van der Waals surface area contributed by atoms with Gasteiger partial charge in [-0.15, -0.1) is 0 Å². The zero-order valence-corrected chi connectivity index (χ0v) is 16.0. The number of aromatic nitrogens is 1. The van der Waals surface area contributed by atoms with E-state index in [1.54, 1.807) is 19.3 Å². The lowest BCUT2D eigenvalue weighted by atomic mass is 10.0. The number of ether oxygens (including phenoxy) is 1. The lowest BCUT2D eigenvalue weighted by molar-refractivity contribution is -0.127. The summed E-state index contributed by atoms with van der Waals surface area (Å²) in [7, 11) is 0. The number of aryl methyl sites for hydroxylation is 2. The fourth-order valence-electron chi connectivity index (χ4n) is 3.68. The molecule has 0 saturated carbocycles. The molecular formula is C22H22N2O4. The summed E-state index contributed by atoms with van der Waals surface area (Å²) in [4.78, 5) is 28.8. The van der Waals surface area contributed by atoms with E-state index < -0.39 is 6.10 Å². The number of hydrogen-bond donors (Lipinski definition) is 1. The van der Waals surface area contributed by atoms with Gasteiger partial charge in [0.2, 0.25) is 0 Å². The average molecular weight is 378 g/mol. The molecule has 0 unspecified atom stereocenters. The van der Waals surface area contributed by atoms with Gasteiger partial charge in [0, 0.05) is 24.5 Å². The van der Waals surface area contributed by atoms with Gasteiger partial charge in [0.1, 0.15) is 11.3 Å². The molecule has 1 N–H and O–H groups in total. The second-order valence-electron chi connectivity index (χ2n) is 7.18. The molecule has 0 spiro atoms. The number of amides is 1. The molecule has 4 rings (SSSR count). The second kappa shape index (κ2) is 7.46. The number of carbonyl (C=O) groups is 1. The number of fused-ring (bicyclic) bond motifs is 3. The first kappa shape index (κ1) is 18.2. The Morgan fingerprint density at radius 1 is 1.32 bits per heavy atom. The molecule has 6 nitrogen and oxygen atoms in total. The van der Waals surface area contributed by atoms with Crippen molar-refractivity contribution in [2.75, 3.05) is 0 Å². The van der Waals surface area contributed by atoms with Crippen molar-refractivity contribution in [3.63, 3.8) is 0 Å². The van der Waals surface area contributed by atoms with Crippen molar-refractivity contribution < 1.29 is 13.9 Å². The molecule has 6 heteroatoms. The zero-order valence-electron chi connectivity index (χ0n) is 16.0. The van der Waals surface area contributed by atoms with Crippen molar-refractivity contribution in [2.45, 2.75) is 45.8 Å². The molecule has 1 aromatic carbocycles. The van der Waals surface area contributed by atoms with E-state index in [0.29, 0.717) is 17.9 Å². The van der Waals surface area contributed by atoms with Crippen molar-refractivity contribution in [1.82, 2.24) is 10.3 Å². The van der Waals surface area contributed by atoms with Gasteiger partial charge in [-0.3, -0.25) is 9.78 Å². The number of rotatable bonds is 5. The third kappa shape index (κ3) is 3.50. The van der Waals surface area contributed by atoms with Gasteiger partial charge in [0.25, 0.3) is 5.91 Å². The minimum absolute atomic E-state index is 0.215. The predicted octanol–water partition coefficient (Wildman–Crippen LogP) is 3.07. The van der Waals surface area contributed by atoms with Crippen molar-refractivity contribution in [3.8, 4) is 5.75 Å². The molecule has 0 aliphatic heterocycles. The zero-order chi connectivity index (χ0) is 19.7. The topological polar surface area (TPSA) is 81.4 Å². The van der Waals surface area contributed by atoms with Crippen LogP contribution >= 0.6 is 0 Å². The van der Waals surface area contributed by atoms with E-state index in [1.165, 1.54) is 0 Å². The highest BCUT2D eigenvalue weighted by Gasteiger charge is 2.24. The van der Waals surface area contributed by atoms with E-state index in [4.69, 9.17) is 9.15 Å². The van der Waals surface area contributed by atoms with Crippen LogP contribution in [-0.4, -0.2) is 17.0 Å². The number of benzene rings is 1. The smallest absolute Gasteiger partial charge is 0.339 e. The maximum atomic E-state index is 12.5. The summed E-state index contributed by atoms with van der Waals surface area (Å²) in [6.07, 6.45) is 5.18. The van der Waals surface area contributed by atoms with Gasteiger partial charge in [0.15, 0.2) is 6.10 Å². The Bertz CT molecular complexity index is 1090. The molecule has 2 aromatic heterocycles.